The second-order valence-corrected chi connectivity index (χ2v) is 9.14. The van der Waals surface area contributed by atoms with Crippen LogP contribution in [0.15, 0.2) is 71.3 Å². The maximum absolute atomic E-state index is 13.3. The lowest BCUT2D eigenvalue weighted by molar-refractivity contribution is -0.117. The van der Waals surface area contributed by atoms with Gasteiger partial charge in [0, 0.05) is 5.69 Å². The van der Waals surface area contributed by atoms with Crippen LogP contribution in [-0.2, 0) is 4.79 Å². The van der Waals surface area contributed by atoms with Crippen molar-refractivity contribution in [1.82, 2.24) is 0 Å². The molecular formula is C25H22ClNO4S. The van der Waals surface area contributed by atoms with E-state index < -0.39 is 17.7 Å². The lowest BCUT2D eigenvalue weighted by Crippen LogP contribution is -2.31. The third-order valence-corrected chi connectivity index (χ3v) is 6.69. The van der Waals surface area contributed by atoms with Crippen LogP contribution in [-0.4, -0.2) is 23.9 Å². The van der Waals surface area contributed by atoms with E-state index in [4.69, 9.17) is 16.3 Å². The first-order valence-corrected chi connectivity index (χ1v) is 11.4. The molecule has 0 saturated heterocycles. The van der Waals surface area contributed by atoms with Crippen molar-refractivity contribution < 1.29 is 19.4 Å². The number of benzene rings is 2. The number of ketones is 1. The zero-order valence-electron chi connectivity index (χ0n) is 17.8. The van der Waals surface area contributed by atoms with Crippen molar-refractivity contribution >= 4 is 40.3 Å². The fraction of sp³-hybridized carbons (Fsp3) is 0.200. The Morgan fingerprint density at radius 1 is 1.16 bits per heavy atom. The summed E-state index contributed by atoms with van der Waals surface area (Å²) in [7, 11) is 1.51. The Bertz CT molecular complexity index is 1200. The van der Waals surface area contributed by atoms with Crippen molar-refractivity contribution in [1.29, 1.82) is 0 Å². The molecule has 0 bridgehead atoms. The zero-order chi connectivity index (χ0) is 23.0. The van der Waals surface area contributed by atoms with Crippen LogP contribution >= 0.6 is 22.9 Å². The van der Waals surface area contributed by atoms with E-state index in [1.165, 1.54) is 23.3 Å². The first-order valence-electron chi connectivity index (χ1n) is 10.1. The lowest BCUT2D eigenvalue weighted by Gasteiger charge is -2.27. The molecule has 3 aromatic rings. The maximum atomic E-state index is 13.3. The van der Waals surface area contributed by atoms with E-state index in [1.54, 1.807) is 35.7 Å². The third kappa shape index (κ3) is 3.80. The fourth-order valence-electron chi connectivity index (χ4n) is 3.83. The van der Waals surface area contributed by atoms with Crippen LogP contribution in [0.2, 0.25) is 5.02 Å². The Kier molecular flexibility index (Phi) is 6.09. The van der Waals surface area contributed by atoms with E-state index in [0.29, 0.717) is 27.3 Å². The summed E-state index contributed by atoms with van der Waals surface area (Å²) < 4.78 is 5.22. The van der Waals surface area contributed by atoms with Gasteiger partial charge in [-0.2, -0.15) is 0 Å². The minimum atomic E-state index is -0.789. The quantitative estimate of drug-likeness (QED) is 0.431. The van der Waals surface area contributed by atoms with Crippen molar-refractivity contribution in [3.8, 4) is 5.75 Å². The highest BCUT2D eigenvalue weighted by Crippen LogP contribution is 2.43. The van der Waals surface area contributed by atoms with Gasteiger partial charge in [-0.3, -0.25) is 14.5 Å². The second kappa shape index (κ2) is 8.81. The molecule has 5 nitrogen and oxygen atoms in total. The molecule has 0 aliphatic carbocycles. The van der Waals surface area contributed by atoms with Crippen LogP contribution in [0, 0.1) is 0 Å². The summed E-state index contributed by atoms with van der Waals surface area (Å²) in [6.45, 7) is 4.19. The number of rotatable bonds is 6. The van der Waals surface area contributed by atoms with E-state index in [2.05, 4.69) is 13.8 Å². The fourth-order valence-corrected chi connectivity index (χ4v) is 4.76. The maximum Gasteiger partial charge on any atom is 0.294 e. The average molecular weight is 468 g/mol. The van der Waals surface area contributed by atoms with Gasteiger partial charge in [0.1, 0.15) is 5.75 Å². The van der Waals surface area contributed by atoms with Gasteiger partial charge in [0.2, 0.25) is 5.78 Å². The third-order valence-electron chi connectivity index (χ3n) is 5.53. The molecule has 1 aliphatic heterocycles. The molecule has 2 heterocycles. The number of methoxy groups -OCH3 is 1. The number of ether oxygens (including phenoxy) is 1. The van der Waals surface area contributed by atoms with E-state index in [-0.39, 0.29) is 11.4 Å². The first kappa shape index (κ1) is 22.1. The van der Waals surface area contributed by atoms with Crippen molar-refractivity contribution in [2.24, 2.45) is 0 Å². The molecule has 4 rings (SSSR count). The number of Topliss-reactive ketones (excluding diaryl/α,β-unsaturated/α-hetero) is 1. The lowest BCUT2D eigenvalue weighted by atomic mass is 9.93. The molecule has 2 aromatic carbocycles. The van der Waals surface area contributed by atoms with Crippen LogP contribution in [0.1, 0.15) is 46.6 Å². The first-order chi connectivity index (χ1) is 15.3. The topological polar surface area (TPSA) is 66.8 Å². The molecule has 0 radical (unpaired) electrons. The highest BCUT2D eigenvalue weighted by Gasteiger charge is 2.45. The van der Waals surface area contributed by atoms with Crippen LogP contribution in [0.3, 0.4) is 0 Å². The number of amides is 1. The van der Waals surface area contributed by atoms with Crippen LogP contribution < -0.4 is 9.64 Å². The van der Waals surface area contributed by atoms with Crippen LogP contribution in [0.25, 0.3) is 0 Å². The summed E-state index contributed by atoms with van der Waals surface area (Å²) in [5, 5.41) is 12.9. The van der Waals surface area contributed by atoms with Crippen molar-refractivity contribution in [2.45, 2.75) is 25.8 Å². The van der Waals surface area contributed by atoms with Crippen LogP contribution in [0.5, 0.6) is 5.75 Å². The number of thiophene rings is 1. The molecule has 7 heteroatoms. The Balaban J connectivity index is 1.86. The molecule has 0 spiro atoms. The second-order valence-electron chi connectivity index (χ2n) is 7.79. The number of aliphatic hydroxyl groups excluding tert-OH is 1. The van der Waals surface area contributed by atoms with Gasteiger partial charge in [-0.15, -0.1) is 11.3 Å². The number of nitrogens with zero attached hydrogens (tertiary/aromatic N) is 1. The number of aliphatic hydroxyl groups is 1. The van der Waals surface area contributed by atoms with Crippen LogP contribution in [0.4, 0.5) is 5.69 Å². The normalized spacial score (nSPS) is 16.2. The van der Waals surface area contributed by atoms with Crippen molar-refractivity contribution in [3.05, 3.63) is 92.3 Å². The minimum Gasteiger partial charge on any atom is -0.503 e. The van der Waals surface area contributed by atoms with Gasteiger partial charge >= 0.3 is 0 Å². The van der Waals surface area contributed by atoms with Gasteiger partial charge in [-0.05, 0) is 46.7 Å². The summed E-state index contributed by atoms with van der Waals surface area (Å²) in [4.78, 5) is 28.4. The van der Waals surface area contributed by atoms with Gasteiger partial charge in [0.25, 0.3) is 5.91 Å². The molecule has 1 amide bonds. The zero-order valence-corrected chi connectivity index (χ0v) is 19.4. The standard InChI is InChI=1S/C25H22ClNO4S/c1-14(2)15-6-8-16(9-7-15)22-21(23(28)20-5-4-12-32-20)24(29)25(30)27(22)17-10-11-19(31-3)18(26)13-17/h4-14,22,29H,1-3H3/t22-/m1/s1. The van der Waals surface area contributed by atoms with Gasteiger partial charge in [-0.25, -0.2) is 0 Å². The molecular weight excluding hydrogens is 446 g/mol. The Labute approximate surface area is 195 Å². The molecule has 0 unspecified atom stereocenters. The summed E-state index contributed by atoms with van der Waals surface area (Å²) in [5.74, 6) is -0.767. The predicted octanol–water partition coefficient (Wildman–Crippen LogP) is 6.32. The summed E-state index contributed by atoms with van der Waals surface area (Å²) in [5.41, 5.74) is 2.37. The molecule has 1 aliphatic rings. The van der Waals surface area contributed by atoms with E-state index in [9.17, 15) is 14.7 Å². The highest BCUT2D eigenvalue weighted by molar-refractivity contribution is 7.12. The Morgan fingerprint density at radius 3 is 2.44 bits per heavy atom. The molecule has 164 valence electrons. The smallest absolute Gasteiger partial charge is 0.294 e. The van der Waals surface area contributed by atoms with Gasteiger partial charge in [0.05, 0.1) is 28.6 Å². The molecule has 0 fully saturated rings. The largest absolute Gasteiger partial charge is 0.503 e. The number of hydrogen-bond donors (Lipinski definition) is 1. The molecule has 32 heavy (non-hydrogen) atoms. The number of anilines is 1. The van der Waals surface area contributed by atoms with E-state index >= 15 is 0 Å². The van der Waals surface area contributed by atoms with Crippen molar-refractivity contribution in [2.75, 3.05) is 12.0 Å². The Hall–Kier alpha value is -3.09. The number of carbonyl (C=O) groups excluding carboxylic acids is 2. The summed E-state index contributed by atoms with van der Waals surface area (Å²) >= 11 is 7.58. The number of carbonyl (C=O) groups is 2. The monoisotopic (exact) mass is 467 g/mol. The minimum absolute atomic E-state index is 0.0571. The SMILES string of the molecule is COc1ccc(N2C(=O)C(O)=C(C(=O)c3cccs3)[C@H]2c2ccc(C(C)C)cc2)cc1Cl. The highest BCUT2D eigenvalue weighted by atomic mass is 35.5. The molecule has 1 aromatic heterocycles. The summed E-state index contributed by atoms with van der Waals surface area (Å²) in [6.07, 6.45) is 0. The van der Waals surface area contributed by atoms with Gasteiger partial charge in [-0.1, -0.05) is 55.8 Å². The Morgan fingerprint density at radius 2 is 1.88 bits per heavy atom. The van der Waals surface area contributed by atoms with Gasteiger partial charge < -0.3 is 9.84 Å². The average Bonchev–Trinajstić information content (AvgIpc) is 3.41. The number of halogens is 1. The van der Waals surface area contributed by atoms with E-state index in [0.717, 1.165) is 11.1 Å². The molecule has 1 atom stereocenters. The predicted molar refractivity (Wildman–Crippen MR) is 127 cm³/mol. The van der Waals surface area contributed by atoms with Gasteiger partial charge in [0.15, 0.2) is 5.76 Å². The molecule has 0 saturated carbocycles. The molecule has 1 N–H and O–H groups in total. The summed E-state index contributed by atoms with van der Waals surface area (Å²) in [6, 6.07) is 15.3. The number of hydrogen-bond acceptors (Lipinski definition) is 5. The van der Waals surface area contributed by atoms with Crippen molar-refractivity contribution in [3.63, 3.8) is 0 Å². The van der Waals surface area contributed by atoms with E-state index in [1.807, 2.05) is 24.3 Å².